The summed E-state index contributed by atoms with van der Waals surface area (Å²) < 4.78 is 0. The van der Waals surface area contributed by atoms with Crippen LogP contribution in [0.1, 0.15) is 58.1 Å². The number of benzene rings is 1. The third-order valence-electron chi connectivity index (χ3n) is 5.13. The SMILES string of the molecule is CCNC(=NCCc1ccc(C(C)(C)C)cc1)N1CCCC(CC(N)=O)C1. The Labute approximate surface area is 164 Å². The van der Waals surface area contributed by atoms with Gasteiger partial charge in [0.2, 0.25) is 5.91 Å². The van der Waals surface area contributed by atoms with Crippen molar-refractivity contribution in [2.75, 3.05) is 26.2 Å². The van der Waals surface area contributed by atoms with Crippen LogP contribution in [0.25, 0.3) is 0 Å². The molecule has 0 aliphatic carbocycles. The van der Waals surface area contributed by atoms with Crippen LogP contribution < -0.4 is 11.1 Å². The Balaban J connectivity index is 1.95. The fourth-order valence-electron chi connectivity index (χ4n) is 3.60. The van der Waals surface area contributed by atoms with Crippen LogP contribution in [0.4, 0.5) is 0 Å². The zero-order valence-electron chi connectivity index (χ0n) is 17.4. The van der Waals surface area contributed by atoms with Crippen molar-refractivity contribution in [2.24, 2.45) is 16.6 Å². The van der Waals surface area contributed by atoms with Gasteiger partial charge in [-0.2, -0.15) is 0 Å². The van der Waals surface area contributed by atoms with Gasteiger partial charge in [-0.05, 0) is 48.6 Å². The van der Waals surface area contributed by atoms with Crippen molar-refractivity contribution in [2.45, 2.75) is 58.8 Å². The lowest BCUT2D eigenvalue weighted by atomic mass is 9.86. The number of amides is 1. The molecule has 1 amide bonds. The summed E-state index contributed by atoms with van der Waals surface area (Å²) in [6, 6.07) is 8.88. The van der Waals surface area contributed by atoms with E-state index in [1.807, 2.05) is 0 Å². The first-order chi connectivity index (χ1) is 12.8. The largest absolute Gasteiger partial charge is 0.370 e. The van der Waals surface area contributed by atoms with Gasteiger partial charge in [-0.25, -0.2) is 0 Å². The number of aliphatic imine (C=N–C) groups is 1. The van der Waals surface area contributed by atoms with Gasteiger partial charge in [0.25, 0.3) is 0 Å². The van der Waals surface area contributed by atoms with E-state index in [0.29, 0.717) is 12.3 Å². The van der Waals surface area contributed by atoms with Crippen LogP contribution in [0, 0.1) is 5.92 Å². The minimum Gasteiger partial charge on any atom is -0.370 e. The van der Waals surface area contributed by atoms with Gasteiger partial charge >= 0.3 is 0 Å². The molecular weight excluding hydrogens is 336 g/mol. The summed E-state index contributed by atoms with van der Waals surface area (Å²) in [6.45, 7) is 12.2. The molecule has 1 saturated heterocycles. The highest BCUT2D eigenvalue weighted by Crippen LogP contribution is 2.22. The molecule has 27 heavy (non-hydrogen) atoms. The summed E-state index contributed by atoms with van der Waals surface area (Å²) in [7, 11) is 0. The van der Waals surface area contributed by atoms with Crippen molar-refractivity contribution in [1.29, 1.82) is 0 Å². The lowest BCUT2D eigenvalue weighted by molar-refractivity contribution is -0.119. The molecule has 0 spiro atoms. The number of carbonyl (C=O) groups excluding carboxylic acids is 1. The third kappa shape index (κ3) is 6.89. The molecule has 0 bridgehead atoms. The number of primary amides is 1. The number of guanidine groups is 1. The van der Waals surface area contributed by atoms with Gasteiger partial charge in [-0.15, -0.1) is 0 Å². The van der Waals surface area contributed by atoms with E-state index in [2.05, 4.69) is 62.2 Å². The Kier molecular flexibility index (Phi) is 7.69. The minimum atomic E-state index is -0.206. The molecule has 3 N–H and O–H groups in total. The van der Waals surface area contributed by atoms with Crippen LogP contribution in [0.5, 0.6) is 0 Å². The second-order valence-corrected chi connectivity index (χ2v) is 8.56. The Morgan fingerprint density at radius 3 is 2.59 bits per heavy atom. The lowest BCUT2D eigenvalue weighted by Crippen LogP contribution is -2.47. The quantitative estimate of drug-likeness (QED) is 0.595. The lowest BCUT2D eigenvalue weighted by Gasteiger charge is -2.34. The molecular formula is C22H36N4O. The van der Waals surface area contributed by atoms with Crippen molar-refractivity contribution in [1.82, 2.24) is 10.2 Å². The summed E-state index contributed by atoms with van der Waals surface area (Å²) >= 11 is 0. The monoisotopic (exact) mass is 372 g/mol. The third-order valence-corrected chi connectivity index (χ3v) is 5.13. The Morgan fingerprint density at radius 2 is 2.00 bits per heavy atom. The maximum absolute atomic E-state index is 11.2. The van der Waals surface area contributed by atoms with Gasteiger partial charge in [0.05, 0.1) is 0 Å². The zero-order valence-corrected chi connectivity index (χ0v) is 17.4. The summed E-state index contributed by atoms with van der Waals surface area (Å²) in [4.78, 5) is 18.4. The first-order valence-corrected chi connectivity index (χ1v) is 10.2. The topological polar surface area (TPSA) is 70.7 Å². The number of nitrogens with zero attached hydrogens (tertiary/aromatic N) is 2. The fraction of sp³-hybridized carbons (Fsp3) is 0.636. The molecule has 0 radical (unpaired) electrons. The second-order valence-electron chi connectivity index (χ2n) is 8.56. The number of nitrogens with two attached hydrogens (primary N) is 1. The normalized spacial score (nSPS) is 18.4. The summed E-state index contributed by atoms with van der Waals surface area (Å²) in [5.41, 5.74) is 8.24. The molecule has 1 aromatic rings. The molecule has 5 nitrogen and oxygen atoms in total. The predicted molar refractivity (Wildman–Crippen MR) is 113 cm³/mol. The zero-order chi connectivity index (χ0) is 19.9. The van der Waals surface area contributed by atoms with Gasteiger partial charge in [0.15, 0.2) is 5.96 Å². The van der Waals surface area contributed by atoms with Crippen LogP contribution >= 0.6 is 0 Å². The smallest absolute Gasteiger partial charge is 0.217 e. The summed E-state index contributed by atoms with van der Waals surface area (Å²) in [5, 5.41) is 3.40. The van der Waals surface area contributed by atoms with Gasteiger partial charge in [-0.1, -0.05) is 45.0 Å². The molecule has 1 fully saturated rings. The maximum atomic E-state index is 11.2. The highest BCUT2D eigenvalue weighted by Gasteiger charge is 2.23. The van der Waals surface area contributed by atoms with Gasteiger partial charge in [0, 0.05) is 32.6 Å². The molecule has 1 aliphatic rings. The number of likely N-dealkylation sites (tertiary alicyclic amines) is 1. The molecule has 0 saturated carbocycles. The van der Waals surface area contributed by atoms with Crippen molar-refractivity contribution < 1.29 is 4.79 Å². The molecule has 1 unspecified atom stereocenters. The maximum Gasteiger partial charge on any atom is 0.217 e. The van der Waals surface area contributed by atoms with E-state index in [-0.39, 0.29) is 11.3 Å². The molecule has 1 aliphatic heterocycles. The van der Waals surface area contributed by atoms with E-state index < -0.39 is 0 Å². The highest BCUT2D eigenvalue weighted by atomic mass is 16.1. The van der Waals surface area contributed by atoms with Gasteiger partial charge in [0.1, 0.15) is 0 Å². The van der Waals surface area contributed by atoms with Crippen LogP contribution in [0.15, 0.2) is 29.3 Å². The van der Waals surface area contributed by atoms with Crippen LogP contribution in [-0.2, 0) is 16.6 Å². The van der Waals surface area contributed by atoms with Gasteiger partial charge in [-0.3, -0.25) is 9.79 Å². The molecule has 5 heteroatoms. The number of rotatable bonds is 6. The van der Waals surface area contributed by atoms with Crippen LogP contribution in [0.3, 0.4) is 0 Å². The van der Waals surface area contributed by atoms with Crippen molar-refractivity contribution in [3.05, 3.63) is 35.4 Å². The average molecular weight is 373 g/mol. The molecule has 0 aromatic heterocycles. The van der Waals surface area contributed by atoms with Crippen molar-refractivity contribution in [3.8, 4) is 0 Å². The van der Waals surface area contributed by atoms with E-state index in [4.69, 9.17) is 10.7 Å². The predicted octanol–water partition coefficient (Wildman–Crippen LogP) is 3.08. The molecule has 150 valence electrons. The van der Waals surface area contributed by atoms with E-state index >= 15 is 0 Å². The Hall–Kier alpha value is -2.04. The Morgan fingerprint density at radius 1 is 1.30 bits per heavy atom. The summed E-state index contributed by atoms with van der Waals surface area (Å²) in [5.74, 6) is 1.09. The number of piperidine rings is 1. The van der Waals surface area contributed by atoms with Crippen molar-refractivity contribution >= 4 is 11.9 Å². The second kappa shape index (κ2) is 9.77. The summed E-state index contributed by atoms with van der Waals surface area (Å²) in [6.07, 6.45) is 3.55. The number of nitrogens with one attached hydrogen (secondary N) is 1. The molecule has 1 atom stereocenters. The molecule has 1 aromatic carbocycles. The van der Waals surface area contributed by atoms with E-state index in [0.717, 1.165) is 51.4 Å². The van der Waals surface area contributed by atoms with E-state index in [1.165, 1.54) is 11.1 Å². The van der Waals surface area contributed by atoms with Crippen molar-refractivity contribution in [3.63, 3.8) is 0 Å². The number of hydrogen-bond acceptors (Lipinski definition) is 2. The number of hydrogen-bond donors (Lipinski definition) is 2. The average Bonchev–Trinajstić information content (AvgIpc) is 2.60. The first kappa shape index (κ1) is 21.3. The number of carbonyl (C=O) groups is 1. The molecule has 1 heterocycles. The van der Waals surface area contributed by atoms with Crippen LogP contribution in [0.2, 0.25) is 0 Å². The van der Waals surface area contributed by atoms with E-state index in [1.54, 1.807) is 0 Å². The Bertz CT molecular complexity index is 631. The fourth-order valence-corrected chi connectivity index (χ4v) is 3.60. The van der Waals surface area contributed by atoms with Crippen LogP contribution in [-0.4, -0.2) is 42.9 Å². The first-order valence-electron chi connectivity index (χ1n) is 10.2. The minimum absolute atomic E-state index is 0.185. The van der Waals surface area contributed by atoms with E-state index in [9.17, 15) is 4.79 Å². The molecule has 2 rings (SSSR count). The highest BCUT2D eigenvalue weighted by molar-refractivity contribution is 5.80. The standard InChI is InChI=1S/C22H36N4O/c1-5-24-21(26-14-6-7-18(16-26)15-20(23)27)25-13-12-17-8-10-19(11-9-17)22(2,3)4/h8-11,18H,5-7,12-16H2,1-4H3,(H2,23,27)(H,24,25). The van der Waals surface area contributed by atoms with Gasteiger partial charge < -0.3 is 16.0 Å².